The van der Waals surface area contributed by atoms with Crippen molar-refractivity contribution >= 4 is 22.9 Å². The Bertz CT molecular complexity index is 997. The fourth-order valence-corrected chi connectivity index (χ4v) is 3.24. The van der Waals surface area contributed by atoms with Crippen molar-refractivity contribution in [2.45, 2.75) is 18.9 Å². The number of hydrogen-bond donors (Lipinski definition) is 1. The summed E-state index contributed by atoms with van der Waals surface area (Å²) in [6.45, 7) is 2.14. The lowest BCUT2D eigenvalue weighted by Gasteiger charge is -2.19. The summed E-state index contributed by atoms with van der Waals surface area (Å²) in [5, 5.41) is 3.60. The topological polar surface area (TPSA) is 71.8 Å². The summed E-state index contributed by atoms with van der Waals surface area (Å²) >= 11 is 0. The van der Waals surface area contributed by atoms with Crippen LogP contribution >= 0.6 is 0 Å². The molecule has 28 heavy (non-hydrogen) atoms. The quantitative estimate of drug-likeness (QED) is 0.520. The number of hydrogen-bond acceptors (Lipinski definition) is 4. The number of imide groups is 1. The number of nitrogens with zero attached hydrogens (tertiary/aromatic N) is 1. The highest BCUT2D eigenvalue weighted by Gasteiger charge is 2.50. The fourth-order valence-electron chi connectivity index (χ4n) is 3.24. The molecular weight excluding hydrogens is 363 g/mol. The first kappa shape index (κ1) is 18.0. The third kappa shape index (κ3) is 3.19. The summed E-state index contributed by atoms with van der Waals surface area (Å²) in [6.07, 6.45) is 0.451. The van der Waals surface area contributed by atoms with Crippen LogP contribution < -0.4 is 10.1 Å². The Morgan fingerprint density at radius 3 is 2.64 bits per heavy atom. The van der Waals surface area contributed by atoms with Crippen LogP contribution in [-0.2, 0) is 10.3 Å². The van der Waals surface area contributed by atoms with E-state index in [0.717, 1.165) is 5.39 Å². The van der Waals surface area contributed by atoms with Crippen molar-refractivity contribution < 1.29 is 23.1 Å². The molecule has 1 fully saturated rings. The van der Waals surface area contributed by atoms with E-state index in [9.17, 15) is 14.0 Å². The Hall–Kier alpha value is -3.35. The summed E-state index contributed by atoms with van der Waals surface area (Å²) in [5.74, 6) is 0.234. The number of benzene rings is 2. The van der Waals surface area contributed by atoms with Gasteiger partial charge in [-0.25, -0.2) is 9.18 Å². The van der Waals surface area contributed by atoms with Gasteiger partial charge >= 0.3 is 6.03 Å². The van der Waals surface area contributed by atoms with E-state index in [4.69, 9.17) is 9.15 Å². The minimum atomic E-state index is -1.24. The Labute approximate surface area is 160 Å². The van der Waals surface area contributed by atoms with Crippen LogP contribution in [-0.4, -0.2) is 30.0 Å². The number of amides is 3. The molecule has 144 valence electrons. The molecule has 7 heteroatoms. The van der Waals surface area contributed by atoms with E-state index < -0.39 is 11.6 Å². The highest BCUT2D eigenvalue weighted by atomic mass is 19.1. The summed E-state index contributed by atoms with van der Waals surface area (Å²) in [5.41, 5.74) is -0.583. The second-order valence-electron chi connectivity index (χ2n) is 6.82. The molecule has 1 N–H and O–H groups in total. The second kappa shape index (κ2) is 6.99. The first-order valence-electron chi connectivity index (χ1n) is 8.99. The van der Waals surface area contributed by atoms with Gasteiger partial charge in [-0.15, -0.1) is 0 Å². The Kier molecular flexibility index (Phi) is 4.50. The predicted molar refractivity (Wildman–Crippen MR) is 100 cm³/mol. The van der Waals surface area contributed by atoms with E-state index in [-0.39, 0.29) is 18.3 Å². The van der Waals surface area contributed by atoms with Crippen LogP contribution in [0.1, 0.15) is 19.1 Å². The lowest BCUT2D eigenvalue weighted by molar-refractivity contribution is -0.131. The molecule has 2 aromatic carbocycles. The molecule has 1 atom stereocenters. The highest BCUT2D eigenvalue weighted by molar-refractivity contribution is 6.07. The number of furan rings is 1. The van der Waals surface area contributed by atoms with Gasteiger partial charge in [0.1, 0.15) is 22.9 Å². The van der Waals surface area contributed by atoms with Crippen molar-refractivity contribution in [1.82, 2.24) is 10.2 Å². The van der Waals surface area contributed by atoms with Gasteiger partial charge in [0.15, 0.2) is 5.54 Å². The smallest absolute Gasteiger partial charge is 0.325 e. The molecule has 3 aromatic rings. The lowest BCUT2D eigenvalue weighted by Crippen LogP contribution is -2.40. The Balaban J connectivity index is 1.41. The van der Waals surface area contributed by atoms with Crippen LogP contribution in [0.4, 0.5) is 9.18 Å². The van der Waals surface area contributed by atoms with Crippen LogP contribution in [0, 0.1) is 5.82 Å². The SMILES string of the molecule is CC1(c2cc3ccccc3o2)NC(=O)N(CCCOc2ccc(F)cc2)C1=O. The van der Waals surface area contributed by atoms with Crippen LogP contribution in [0.2, 0.25) is 0 Å². The standard InChI is InChI=1S/C21H19FN2O4/c1-21(18-13-14-5-2-3-6-17(14)28-18)19(25)24(20(26)23-21)11-4-12-27-16-9-7-15(22)8-10-16/h2-3,5-10,13H,4,11-12H2,1H3,(H,23,26). The van der Waals surface area contributed by atoms with Gasteiger partial charge in [0.2, 0.25) is 0 Å². The van der Waals surface area contributed by atoms with Crippen LogP contribution in [0.3, 0.4) is 0 Å². The van der Waals surface area contributed by atoms with Crippen molar-refractivity contribution in [3.8, 4) is 5.75 Å². The first-order chi connectivity index (χ1) is 13.5. The number of urea groups is 1. The maximum absolute atomic E-state index is 12.9. The molecule has 3 amide bonds. The number of para-hydroxylation sites is 1. The van der Waals surface area contributed by atoms with Crippen LogP contribution in [0.15, 0.2) is 59.0 Å². The van der Waals surface area contributed by atoms with Gasteiger partial charge in [-0.3, -0.25) is 9.69 Å². The number of fused-ring (bicyclic) bond motifs is 1. The van der Waals surface area contributed by atoms with E-state index in [1.165, 1.54) is 29.2 Å². The van der Waals surface area contributed by atoms with E-state index in [1.807, 2.05) is 24.3 Å². The largest absolute Gasteiger partial charge is 0.494 e. The number of carbonyl (C=O) groups excluding carboxylic acids is 2. The van der Waals surface area contributed by atoms with E-state index in [1.54, 1.807) is 13.0 Å². The molecule has 1 unspecified atom stereocenters. The number of rotatable bonds is 6. The van der Waals surface area contributed by atoms with Gasteiger partial charge in [-0.05, 0) is 49.7 Å². The lowest BCUT2D eigenvalue weighted by atomic mass is 9.99. The predicted octanol–water partition coefficient (Wildman–Crippen LogP) is 3.81. The summed E-state index contributed by atoms with van der Waals surface area (Å²) in [4.78, 5) is 26.4. The van der Waals surface area contributed by atoms with E-state index >= 15 is 0 Å². The monoisotopic (exact) mass is 382 g/mol. The van der Waals surface area contributed by atoms with Gasteiger partial charge in [-0.2, -0.15) is 0 Å². The molecule has 0 bridgehead atoms. The maximum Gasteiger partial charge on any atom is 0.325 e. The normalized spacial score (nSPS) is 19.3. The van der Waals surface area contributed by atoms with Gasteiger partial charge in [0.05, 0.1) is 6.61 Å². The molecule has 0 saturated carbocycles. The van der Waals surface area contributed by atoms with E-state index in [0.29, 0.717) is 30.1 Å². The van der Waals surface area contributed by atoms with Gasteiger partial charge in [-0.1, -0.05) is 18.2 Å². The number of halogens is 1. The van der Waals surface area contributed by atoms with Gasteiger partial charge < -0.3 is 14.5 Å². The number of ether oxygens (including phenoxy) is 1. The molecule has 0 spiro atoms. The zero-order chi connectivity index (χ0) is 19.7. The highest BCUT2D eigenvalue weighted by Crippen LogP contribution is 2.33. The zero-order valence-corrected chi connectivity index (χ0v) is 15.3. The summed E-state index contributed by atoms with van der Waals surface area (Å²) in [6, 6.07) is 14.4. The third-order valence-electron chi connectivity index (χ3n) is 4.80. The van der Waals surface area contributed by atoms with Crippen molar-refractivity contribution in [2.75, 3.05) is 13.2 Å². The molecule has 1 saturated heterocycles. The first-order valence-corrected chi connectivity index (χ1v) is 8.99. The number of carbonyl (C=O) groups is 2. The minimum absolute atomic E-state index is 0.210. The molecule has 1 aliphatic rings. The van der Waals surface area contributed by atoms with Gasteiger partial charge in [0, 0.05) is 11.9 Å². The molecule has 1 aromatic heterocycles. The van der Waals surface area contributed by atoms with E-state index in [2.05, 4.69) is 5.32 Å². The zero-order valence-electron chi connectivity index (χ0n) is 15.3. The molecule has 2 heterocycles. The molecule has 6 nitrogen and oxygen atoms in total. The van der Waals surface area contributed by atoms with Crippen molar-refractivity contribution in [3.05, 3.63) is 66.2 Å². The van der Waals surface area contributed by atoms with Crippen LogP contribution in [0.25, 0.3) is 11.0 Å². The number of nitrogens with one attached hydrogen (secondary N) is 1. The third-order valence-corrected chi connectivity index (χ3v) is 4.80. The van der Waals surface area contributed by atoms with Crippen molar-refractivity contribution in [3.63, 3.8) is 0 Å². The van der Waals surface area contributed by atoms with Crippen LogP contribution in [0.5, 0.6) is 5.75 Å². The Morgan fingerprint density at radius 1 is 1.14 bits per heavy atom. The van der Waals surface area contributed by atoms with Crippen molar-refractivity contribution in [1.29, 1.82) is 0 Å². The molecule has 1 aliphatic heterocycles. The summed E-state index contributed by atoms with van der Waals surface area (Å²) in [7, 11) is 0. The molecular formula is C21H19FN2O4. The maximum atomic E-state index is 12.9. The van der Waals surface area contributed by atoms with Gasteiger partial charge in [0.25, 0.3) is 5.91 Å². The molecule has 0 aliphatic carbocycles. The minimum Gasteiger partial charge on any atom is -0.494 e. The van der Waals surface area contributed by atoms with Crippen molar-refractivity contribution in [2.24, 2.45) is 0 Å². The second-order valence-corrected chi connectivity index (χ2v) is 6.82. The molecule has 0 radical (unpaired) electrons. The summed E-state index contributed by atoms with van der Waals surface area (Å²) < 4.78 is 24.2. The Morgan fingerprint density at radius 2 is 1.89 bits per heavy atom. The average Bonchev–Trinajstić information content (AvgIpc) is 3.22. The average molecular weight is 382 g/mol. The fraction of sp³-hybridized carbons (Fsp3) is 0.238. The molecule has 4 rings (SSSR count).